The molecule has 140 valence electrons. The second kappa shape index (κ2) is 8.03. The molecule has 5 nitrogen and oxygen atoms in total. The molecule has 0 fully saturated rings. The van der Waals surface area contributed by atoms with E-state index in [1.165, 1.54) is 10.6 Å². The molecular weight excluding hydrogens is 387 g/mol. The lowest BCUT2D eigenvalue weighted by Crippen LogP contribution is -2.30. The van der Waals surface area contributed by atoms with Crippen molar-refractivity contribution in [2.45, 2.75) is 26.3 Å². The van der Waals surface area contributed by atoms with Gasteiger partial charge < -0.3 is 15.0 Å². The van der Waals surface area contributed by atoms with Crippen molar-refractivity contribution in [3.8, 4) is 5.75 Å². The molecule has 2 aromatic carbocycles. The summed E-state index contributed by atoms with van der Waals surface area (Å²) in [4.78, 5) is 25.7. The largest absolute Gasteiger partial charge is 0.506 e. The van der Waals surface area contributed by atoms with Gasteiger partial charge in [-0.15, -0.1) is 0 Å². The summed E-state index contributed by atoms with van der Waals surface area (Å²) >= 11 is 11.8. The lowest BCUT2D eigenvalue weighted by molar-refractivity contribution is 0.102. The molecule has 7 heteroatoms. The van der Waals surface area contributed by atoms with Gasteiger partial charge in [-0.1, -0.05) is 48.7 Å². The minimum atomic E-state index is -0.702. The Labute approximate surface area is 166 Å². The molecule has 0 saturated carbocycles. The number of halogens is 2. The van der Waals surface area contributed by atoms with Gasteiger partial charge in [0.15, 0.2) is 0 Å². The number of aromatic nitrogens is 1. The zero-order valence-corrected chi connectivity index (χ0v) is 16.1. The lowest BCUT2D eigenvalue weighted by Gasteiger charge is -2.15. The van der Waals surface area contributed by atoms with E-state index in [-0.39, 0.29) is 16.3 Å². The molecule has 0 radical (unpaired) electrons. The minimum Gasteiger partial charge on any atom is -0.506 e. The van der Waals surface area contributed by atoms with E-state index in [0.29, 0.717) is 28.2 Å². The number of rotatable bonds is 5. The fourth-order valence-corrected chi connectivity index (χ4v) is 3.20. The van der Waals surface area contributed by atoms with Crippen molar-refractivity contribution in [1.82, 2.24) is 4.57 Å². The maximum atomic E-state index is 13.0. The Morgan fingerprint density at radius 3 is 2.59 bits per heavy atom. The van der Waals surface area contributed by atoms with Crippen molar-refractivity contribution >= 4 is 45.7 Å². The first kappa shape index (κ1) is 19.3. The number of aryl methyl sites for hydroxylation is 1. The molecule has 1 aromatic heterocycles. The Kier molecular flexibility index (Phi) is 5.73. The van der Waals surface area contributed by atoms with Crippen LogP contribution in [0.3, 0.4) is 0 Å². The number of aromatic hydroxyl groups is 1. The highest BCUT2D eigenvalue weighted by atomic mass is 35.5. The lowest BCUT2D eigenvalue weighted by atomic mass is 10.1. The molecule has 0 aliphatic rings. The zero-order valence-electron chi connectivity index (χ0n) is 14.6. The van der Waals surface area contributed by atoms with Crippen LogP contribution in [0.2, 0.25) is 10.0 Å². The second-order valence-corrected chi connectivity index (χ2v) is 6.95. The second-order valence-electron chi connectivity index (χ2n) is 6.13. The van der Waals surface area contributed by atoms with Gasteiger partial charge >= 0.3 is 0 Å². The van der Waals surface area contributed by atoms with E-state index in [1.807, 2.05) is 6.92 Å². The number of para-hydroxylation sites is 1. The van der Waals surface area contributed by atoms with Crippen LogP contribution in [0.1, 0.15) is 30.1 Å². The van der Waals surface area contributed by atoms with Crippen LogP contribution in [0.5, 0.6) is 5.75 Å². The van der Waals surface area contributed by atoms with Crippen molar-refractivity contribution in [3.63, 3.8) is 0 Å². The number of nitrogens with zero attached hydrogens (tertiary/aromatic N) is 1. The first-order valence-electron chi connectivity index (χ1n) is 8.55. The molecule has 0 aliphatic carbocycles. The van der Waals surface area contributed by atoms with Crippen LogP contribution in [-0.2, 0) is 6.54 Å². The van der Waals surface area contributed by atoms with Crippen LogP contribution in [0.25, 0.3) is 10.9 Å². The van der Waals surface area contributed by atoms with E-state index in [1.54, 1.807) is 36.4 Å². The molecule has 0 spiro atoms. The smallest absolute Gasteiger partial charge is 0.267 e. The molecule has 0 atom stereocenters. The van der Waals surface area contributed by atoms with Crippen molar-refractivity contribution < 1.29 is 9.90 Å². The van der Waals surface area contributed by atoms with Crippen molar-refractivity contribution in [2.75, 3.05) is 5.32 Å². The average Bonchev–Trinajstić information content (AvgIpc) is 2.65. The molecule has 3 aromatic rings. The van der Waals surface area contributed by atoms with Crippen molar-refractivity contribution in [1.29, 1.82) is 0 Å². The fourth-order valence-electron chi connectivity index (χ4n) is 2.90. The zero-order chi connectivity index (χ0) is 19.6. The SMILES string of the molecule is CCCCn1c(=O)c(C(=O)Nc2ccc(Cl)c(Cl)c2)c(O)c2ccccc21. The van der Waals surface area contributed by atoms with E-state index in [4.69, 9.17) is 23.2 Å². The summed E-state index contributed by atoms with van der Waals surface area (Å²) in [5.74, 6) is -1.03. The highest BCUT2D eigenvalue weighted by molar-refractivity contribution is 6.42. The molecule has 0 unspecified atom stereocenters. The number of carbonyl (C=O) groups is 1. The Hall–Kier alpha value is -2.50. The van der Waals surface area contributed by atoms with Gasteiger partial charge in [-0.2, -0.15) is 0 Å². The number of amides is 1. The Morgan fingerprint density at radius 2 is 1.89 bits per heavy atom. The fraction of sp³-hybridized carbons (Fsp3) is 0.200. The molecule has 2 N–H and O–H groups in total. The minimum absolute atomic E-state index is 0.276. The van der Waals surface area contributed by atoms with Crippen LogP contribution in [-0.4, -0.2) is 15.6 Å². The van der Waals surface area contributed by atoms with Gasteiger partial charge in [0.05, 0.1) is 15.6 Å². The van der Waals surface area contributed by atoms with Gasteiger partial charge in [0.2, 0.25) is 0 Å². The topological polar surface area (TPSA) is 71.3 Å². The first-order chi connectivity index (χ1) is 12.9. The summed E-state index contributed by atoms with van der Waals surface area (Å²) in [6.07, 6.45) is 1.68. The number of carbonyl (C=O) groups excluding carboxylic acids is 1. The Morgan fingerprint density at radius 1 is 1.15 bits per heavy atom. The van der Waals surface area contributed by atoms with E-state index in [9.17, 15) is 14.7 Å². The normalized spacial score (nSPS) is 10.9. The van der Waals surface area contributed by atoms with Crippen LogP contribution in [0.4, 0.5) is 5.69 Å². The van der Waals surface area contributed by atoms with E-state index in [0.717, 1.165) is 12.8 Å². The van der Waals surface area contributed by atoms with Gasteiger partial charge in [-0.25, -0.2) is 0 Å². The third-order valence-electron chi connectivity index (χ3n) is 4.29. The van der Waals surface area contributed by atoms with Gasteiger partial charge in [-0.3, -0.25) is 9.59 Å². The van der Waals surface area contributed by atoms with Gasteiger partial charge in [0, 0.05) is 17.6 Å². The summed E-state index contributed by atoms with van der Waals surface area (Å²) in [5.41, 5.74) is 0.147. The maximum Gasteiger partial charge on any atom is 0.267 e. The van der Waals surface area contributed by atoms with E-state index in [2.05, 4.69) is 5.32 Å². The number of hydrogen-bond acceptors (Lipinski definition) is 3. The monoisotopic (exact) mass is 404 g/mol. The number of benzene rings is 2. The van der Waals surface area contributed by atoms with Crippen molar-refractivity contribution in [3.05, 3.63) is 68.4 Å². The highest BCUT2D eigenvalue weighted by Gasteiger charge is 2.22. The average molecular weight is 405 g/mol. The molecular formula is C20H18Cl2N2O3. The molecule has 3 rings (SSSR count). The first-order valence-corrected chi connectivity index (χ1v) is 9.30. The quantitative estimate of drug-likeness (QED) is 0.623. The summed E-state index contributed by atoms with van der Waals surface area (Å²) in [7, 11) is 0. The van der Waals surface area contributed by atoms with Crippen LogP contribution in [0, 0.1) is 0 Å². The summed E-state index contributed by atoms with van der Waals surface area (Å²) in [6, 6.07) is 11.6. The van der Waals surface area contributed by atoms with Crippen molar-refractivity contribution in [2.24, 2.45) is 0 Å². The Balaban J connectivity index is 2.11. The van der Waals surface area contributed by atoms with Gasteiger partial charge in [-0.05, 0) is 36.8 Å². The van der Waals surface area contributed by atoms with Gasteiger partial charge in [0.25, 0.3) is 11.5 Å². The van der Waals surface area contributed by atoms with E-state index < -0.39 is 11.5 Å². The molecule has 0 saturated heterocycles. The third kappa shape index (κ3) is 3.80. The predicted octanol–water partition coefficient (Wildman–Crippen LogP) is 5.07. The summed E-state index contributed by atoms with van der Waals surface area (Å²) in [6.45, 7) is 2.48. The highest BCUT2D eigenvalue weighted by Crippen LogP contribution is 2.28. The number of hydrogen-bond donors (Lipinski definition) is 2. The number of pyridine rings is 1. The van der Waals surface area contributed by atoms with Crippen LogP contribution in [0.15, 0.2) is 47.3 Å². The van der Waals surface area contributed by atoms with Gasteiger partial charge in [0.1, 0.15) is 11.3 Å². The maximum absolute atomic E-state index is 13.0. The summed E-state index contributed by atoms with van der Waals surface area (Å²) < 4.78 is 1.53. The van der Waals surface area contributed by atoms with E-state index >= 15 is 0 Å². The number of fused-ring (bicyclic) bond motifs is 1. The van der Waals surface area contributed by atoms with Crippen LogP contribution >= 0.6 is 23.2 Å². The molecule has 1 heterocycles. The number of nitrogens with one attached hydrogen (secondary N) is 1. The standard InChI is InChI=1S/C20H18Cl2N2O3/c1-2-3-10-24-16-7-5-4-6-13(16)18(25)17(20(24)27)19(26)23-12-8-9-14(21)15(22)11-12/h4-9,11,25H,2-3,10H2,1H3,(H,23,26). The molecule has 27 heavy (non-hydrogen) atoms. The molecule has 0 bridgehead atoms. The predicted molar refractivity (Wildman–Crippen MR) is 109 cm³/mol. The van der Waals surface area contributed by atoms with Crippen LogP contribution < -0.4 is 10.9 Å². The molecule has 0 aliphatic heterocycles. The summed E-state index contributed by atoms with van der Waals surface area (Å²) in [5, 5.41) is 14.3. The molecule has 1 amide bonds. The number of anilines is 1. The Bertz CT molecular complexity index is 1080. The third-order valence-corrected chi connectivity index (χ3v) is 5.02. The number of unbranched alkanes of at least 4 members (excludes halogenated alkanes) is 1.